The van der Waals surface area contributed by atoms with Crippen LogP contribution >= 0.6 is 0 Å². The summed E-state index contributed by atoms with van der Waals surface area (Å²) in [6, 6.07) is 7.14. The molecule has 0 saturated carbocycles. The van der Waals surface area contributed by atoms with Gasteiger partial charge in [0.15, 0.2) is 0 Å². The van der Waals surface area contributed by atoms with Crippen LogP contribution in [0.5, 0.6) is 0 Å². The molecular formula is C18H31N2O2S+. The molecule has 23 heavy (non-hydrogen) atoms. The van der Waals surface area contributed by atoms with Crippen LogP contribution in [0, 0.1) is 6.92 Å². The van der Waals surface area contributed by atoms with Gasteiger partial charge in [-0.1, -0.05) is 17.7 Å². The standard InChI is InChI=1S/C18H30N2O2S/c1-14-8-10-16(11-9-14)23(21,22)19(6)15-12-17(2,3)20(7)18(4,5)13-15/h8-11,15H,12-13H2,1-7H3/p+1. The number of rotatable bonds is 3. The third-order valence-corrected chi connectivity index (χ3v) is 7.66. The van der Waals surface area contributed by atoms with Crippen molar-refractivity contribution in [2.45, 2.75) is 69.5 Å². The predicted octanol–water partition coefficient (Wildman–Crippen LogP) is 1.85. The van der Waals surface area contributed by atoms with Crippen molar-refractivity contribution in [2.75, 3.05) is 14.1 Å². The maximum atomic E-state index is 13.0. The Labute approximate surface area is 141 Å². The number of nitrogens with zero attached hydrogens (tertiary/aromatic N) is 1. The fraction of sp³-hybridized carbons (Fsp3) is 0.667. The van der Waals surface area contributed by atoms with Crippen LogP contribution in [0.15, 0.2) is 29.2 Å². The van der Waals surface area contributed by atoms with Gasteiger partial charge in [0.25, 0.3) is 0 Å². The minimum atomic E-state index is -3.45. The summed E-state index contributed by atoms with van der Waals surface area (Å²) >= 11 is 0. The first-order valence-electron chi connectivity index (χ1n) is 8.27. The van der Waals surface area contributed by atoms with E-state index in [9.17, 15) is 8.42 Å². The van der Waals surface area contributed by atoms with E-state index >= 15 is 0 Å². The zero-order valence-electron chi connectivity index (χ0n) is 15.5. The molecule has 0 radical (unpaired) electrons. The Morgan fingerprint density at radius 3 is 1.91 bits per heavy atom. The van der Waals surface area contributed by atoms with Crippen LogP contribution in [-0.4, -0.2) is 43.9 Å². The number of hydrogen-bond acceptors (Lipinski definition) is 2. The van der Waals surface area contributed by atoms with E-state index in [2.05, 4.69) is 34.7 Å². The minimum Gasteiger partial charge on any atom is -0.328 e. The van der Waals surface area contributed by atoms with Crippen molar-refractivity contribution in [2.24, 2.45) is 0 Å². The normalized spacial score (nSPS) is 27.1. The number of quaternary nitrogens is 1. The van der Waals surface area contributed by atoms with Gasteiger partial charge in [-0.15, -0.1) is 0 Å². The second-order valence-corrected chi connectivity index (χ2v) is 10.3. The molecule has 0 atom stereocenters. The second kappa shape index (κ2) is 5.87. The van der Waals surface area contributed by atoms with Gasteiger partial charge in [-0.2, -0.15) is 4.31 Å². The van der Waals surface area contributed by atoms with Crippen LogP contribution in [0.4, 0.5) is 0 Å². The Balaban J connectivity index is 2.32. The van der Waals surface area contributed by atoms with E-state index in [1.165, 1.54) is 4.90 Å². The maximum Gasteiger partial charge on any atom is 0.243 e. The van der Waals surface area contributed by atoms with Gasteiger partial charge < -0.3 is 4.90 Å². The lowest BCUT2D eigenvalue weighted by Crippen LogP contribution is -3.24. The van der Waals surface area contributed by atoms with E-state index in [1.54, 1.807) is 23.5 Å². The number of piperidine rings is 1. The van der Waals surface area contributed by atoms with Gasteiger partial charge >= 0.3 is 0 Å². The zero-order valence-corrected chi connectivity index (χ0v) is 16.3. The van der Waals surface area contributed by atoms with Crippen molar-refractivity contribution in [3.05, 3.63) is 29.8 Å². The third kappa shape index (κ3) is 3.47. The molecule has 1 heterocycles. The topological polar surface area (TPSA) is 41.8 Å². The van der Waals surface area contributed by atoms with Crippen molar-refractivity contribution in [3.63, 3.8) is 0 Å². The molecule has 1 fully saturated rings. The van der Waals surface area contributed by atoms with E-state index in [0.717, 1.165) is 18.4 Å². The largest absolute Gasteiger partial charge is 0.328 e. The maximum absolute atomic E-state index is 13.0. The molecule has 1 aromatic rings. The SMILES string of the molecule is Cc1ccc(S(=O)(=O)N(C)C2CC(C)(C)[NH+](C)C(C)(C)C2)cc1. The summed E-state index contributed by atoms with van der Waals surface area (Å²) in [5.74, 6) is 0. The summed E-state index contributed by atoms with van der Waals surface area (Å²) in [4.78, 5) is 1.84. The quantitative estimate of drug-likeness (QED) is 0.913. The van der Waals surface area contributed by atoms with Gasteiger partial charge in [0, 0.05) is 25.9 Å². The lowest BCUT2D eigenvalue weighted by atomic mass is 9.77. The molecule has 2 rings (SSSR count). The Hall–Kier alpha value is -0.910. The predicted molar refractivity (Wildman–Crippen MR) is 94.2 cm³/mol. The minimum absolute atomic E-state index is 0.0232. The summed E-state index contributed by atoms with van der Waals surface area (Å²) < 4.78 is 27.5. The average Bonchev–Trinajstić information content (AvgIpc) is 2.43. The molecule has 5 heteroatoms. The highest BCUT2D eigenvalue weighted by Crippen LogP contribution is 2.29. The van der Waals surface area contributed by atoms with Crippen LogP contribution in [0.2, 0.25) is 0 Å². The highest BCUT2D eigenvalue weighted by Gasteiger charge is 2.49. The fourth-order valence-electron chi connectivity index (χ4n) is 3.80. The van der Waals surface area contributed by atoms with Crippen molar-refractivity contribution >= 4 is 10.0 Å². The average molecular weight is 340 g/mol. The molecule has 0 unspecified atom stereocenters. The summed E-state index contributed by atoms with van der Waals surface area (Å²) in [5.41, 5.74) is 1.16. The van der Waals surface area contributed by atoms with E-state index in [1.807, 2.05) is 19.1 Å². The Morgan fingerprint density at radius 2 is 1.48 bits per heavy atom. The Morgan fingerprint density at radius 1 is 1.04 bits per heavy atom. The van der Waals surface area contributed by atoms with Crippen molar-refractivity contribution < 1.29 is 13.3 Å². The van der Waals surface area contributed by atoms with Crippen molar-refractivity contribution in [1.82, 2.24) is 4.31 Å². The molecule has 4 nitrogen and oxygen atoms in total. The summed E-state index contributed by atoms with van der Waals surface area (Å²) in [6.45, 7) is 10.9. The monoisotopic (exact) mass is 339 g/mol. The summed E-state index contributed by atoms with van der Waals surface area (Å²) in [6.07, 6.45) is 1.73. The van der Waals surface area contributed by atoms with Gasteiger partial charge in [-0.25, -0.2) is 8.42 Å². The van der Waals surface area contributed by atoms with E-state index in [0.29, 0.717) is 4.90 Å². The van der Waals surface area contributed by atoms with E-state index in [-0.39, 0.29) is 17.1 Å². The smallest absolute Gasteiger partial charge is 0.243 e. The molecule has 1 saturated heterocycles. The van der Waals surface area contributed by atoms with Gasteiger partial charge in [0.1, 0.15) is 0 Å². The number of nitrogens with one attached hydrogen (secondary N) is 1. The van der Waals surface area contributed by atoms with Crippen LogP contribution in [0.1, 0.15) is 46.1 Å². The van der Waals surface area contributed by atoms with Crippen molar-refractivity contribution in [3.8, 4) is 0 Å². The van der Waals surface area contributed by atoms with Crippen molar-refractivity contribution in [1.29, 1.82) is 0 Å². The molecule has 0 aliphatic carbocycles. The molecule has 1 aliphatic heterocycles. The first kappa shape index (κ1) is 18.4. The number of benzene rings is 1. The van der Waals surface area contributed by atoms with Gasteiger partial charge in [0.2, 0.25) is 10.0 Å². The first-order chi connectivity index (χ1) is 10.4. The molecular weight excluding hydrogens is 308 g/mol. The number of likely N-dealkylation sites (tertiary alicyclic amines) is 1. The Kier molecular flexibility index (Phi) is 4.70. The number of sulfonamides is 1. The molecule has 0 bridgehead atoms. The zero-order chi connectivity index (χ0) is 17.6. The molecule has 1 aliphatic rings. The lowest BCUT2D eigenvalue weighted by molar-refractivity contribution is -0.982. The molecule has 0 aromatic heterocycles. The first-order valence-corrected chi connectivity index (χ1v) is 9.71. The highest BCUT2D eigenvalue weighted by atomic mass is 32.2. The number of hydrogen-bond donors (Lipinski definition) is 1. The Bertz CT molecular complexity index is 645. The lowest BCUT2D eigenvalue weighted by Gasteiger charge is -2.51. The molecule has 0 amide bonds. The van der Waals surface area contributed by atoms with E-state index in [4.69, 9.17) is 0 Å². The van der Waals surface area contributed by atoms with Crippen LogP contribution in [-0.2, 0) is 10.0 Å². The van der Waals surface area contributed by atoms with Gasteiger partial charge in [0.05, 0.1) is 23.0 Å². The second-order valence-electron chi connectivity index (χ2n) is 8.29. The summed E-state index contributed by atoms with van der Waals surface area (Å²) in [7, 11) is 0.493. The molecule has 1 aromatic carbocycles. The molecule has 0 spiro atoms. The van der Waals surface area contributed by atoms with Crippen LogP contribution in [0.3, 0.4) is 0 Å². The van der Waals surface area contributed by atoms with Gasteiger partial charge in [-0.3, -0.25) is 0 Å². The summed E-state index contributed by atoms with van der Waals surface area (Å²) in [5, 5.41) is 0. The number of aryl methyl sites for hydroxylation is 1. The molecule has 1 N–H and O–H groups in total. The highest BCUT2D eigenvalue weighted by molar-refractivity contribution is 7.89. The molecule has 130 valence electrons. The van der Waals surface area contributed by atoms with Crippen LogP contribution < -0.4 is 4.90 Å². The van der Waals surface area contributed by atoms with E-state index < -0.39 is 10.0 Å². The third-order valence-electron chi connectivity index (χ3n) is 5.73. The fourth-order valence-corrected chi connectivity index (χ4v) is 5.16. The van der Waals surface area contributed by atoms with Gasteiger partial charge in [-0.05, 0) is 46.8 Å². The van der Waals surface area contributed by atoms with Crippen LogP contribution in [0.25, 0.3) is 0 Å².